The van der Waals surface area contributed by atoms with E-state index in [1.807, 2.05) is 13.8 Å². The van der Waals surface area contributed by atoms with Crippen LogP contribution in [0.5, 0.6) is 0 Å². The van der Waals surface area contributed by atoms with Crippen molar-refractivity contribution >= 4 is 17.6 Å². The van der Waals surface area contributed by atoms with Gasteiger partial charge in [0.25, 0.3) is 0 Å². The minimum atomic E-state index is 0.581. The van der Waals surface area contributed by atoms with Crippen LogP contribution in [-0.2, 0) is 6.42 Å². The van der Waals surface area contributed by atoms with Crippen molar-refractivity contribution in [3.8, 4) is 0 Å². The number of nitrogens with two attached hydrogens (primary N) is 1. The number of hydrogen-bond acceptors (Lipinski definition) is 4. The Morgan fingerprint density at radius 2 is 2.00 bits per heavy atom. The fraction of sp³-hybridized carbons (Fsp3) is 0.286. The van der Waals surface area contributed by atoms with Crippen molar-refractivity contribution in [2.24, 2.45) is 0 Å². The number of benzene rings is 1. The molecule has 0 spiro atoms. The second kappa shape index (κ2) is 5.40. The van der Waals surface area contributed by atoms with Gasteiger partial charge in [-0.2, -0.15) is 0 Å². The van der Waals surface area contributed by atoms with Gasteiger partial charge in [0.1, 0.15) is 16.7 Å². The van der Waals surface area contributed by atoms with E-state index < -0.39 is 0 Å². The van der Waals surface area contributed by atoms with E-state index in [0.29, 0.717) is 5.82 Å². The number of anilines is 1. The van der Waals surface area contributed by atoms with Crippen molar-refractivity contribution in [2.45, 2.75) is 37.1 Å². The zero-order valence-corrected chi connectivity index (χ0v) is 11.7. The predicted octanol–water partition coefficient (Wildman–Crippen LogP) is 3.39. The van der Waals surface area contributed by atoms with Gasteiger partial charge in [-0.15, -0.1) is 0 Å². The highest BCUT2D eigenvalue weighted by molar-refractivity contribution is 7.99. The van der Waals surface area contributed by atoms with Gasteiger partial charge in [0.05, 0.1) is 0 Å². The fourth-order valence-electron chi connectivity index (χ4n) is 1.61. The summed E-state index contributed by atoms with van der Waals surface area (Å²) in [4.78, 5) is 9.99. The van der Waals surface area contributed by atoms with Gasteiger partial charge in [-0.1, -0.05) is 36.4 Å². The quantitative estimate of drug-likeness (QED) is 0.858. The third-order valence-corrected chi connectivity index (χ3v) is 3.79. The molecule has 0 aliphatic rings. The Morgan fingerprint density at radius 3 is 2.67 bits per heavy atom. The maximum absolute atomic E-state index is 5.92. The summed E-state index contributed by atoms with van der Waals surface area (Å²) in [5.74, 6) is 1.38. The van der Waals surface area contributed by atoms with Crippen LogP contribution >= 0.6 is 11.8 Å². The molecule has 0 bridgehead atoms. The summed E-state index contributed by atoms with van der Waals surface area (Å²) in [7, 11) is 0. The van der Waals surface area contributed by atoms with Gasteiger partial charge in [-0.25, -0.2) is 9.97 Å². The molecule has 0 fully saturated rings. The Bertz CT molecular complexity index is 567. The van der Waals surface area contributed by atoms with E-state index in [9.17, 15) is 0 Å². The van der Waals surface area contributed by atoms with Crippen LogP contribution in [-0.4, -0.2) is 9.97 Å². The molecule has 2 rings (SSSR count). The molecule has 18 heavy (non-hydrogen) atoms. The Morgan fingerprint density at radius 1 is 1.22 bits per heavy atom. The van der Waals surface area contributed by atoms with Gasteiger partial charge in [-0.3, -0.25) is 0 Å². The topological polar surface area (TPSA) is 51.8 Å². The van der Waals surface area contributed by atoms with E-state index >= 15 is 0 Å². The molecule has 2 N–H and O–H groups in total. The number of nitrogen functional groups attached to an aromatic ring is 1. The van der Waals surface area contributed by atoms with Gasteiger partial charge >= 0.3 is 0 Å². The molecule has 1 aromatic heterocycles. The van der Waals surface area contributed by atoms with Gasteiger partial charge in [0.2, 0.25) is 0 Å². The summed E-state index contributed by atoms with van der Waals surface area (Å²) in [6, 6.07) is 8.37. The van der Waals surface area contributed by atoms with Crippen molar-refractivity contribution in [1.29, 1.82) is 0 Å². The SMILES string of the molecule is CCc1nc(N)c(C)c(Sc2cccc(C)c2)n1. The van der Waals surface area contributed by atoms with E-state index in [-0.39, 0.29) is 0 Å². The summed E-state index contributed by atoms with van der Waals surface area (Å²) < 4.78 is 0. The highest BCUT2D eigenvalue weighted by Gasteiger charge is 2.09. The largest absolute Gasteiger partial charge is 0.383 e. The summed E-state index contributed by atoms with van der Waals surface area (Å²) in [6.07, 6.45) is 0.797. The van der Waals surface area contributed by atoms with Crippen LogP contribution in [0.1, 0.15) is 23.9 Å². The highest BCUT2D eigenvalue weighted by atomic mass is 32.2. The molecule has 3 nitrogen and oxygen atoms in total. The average Bonchev–Trinajstić information content (AvgIpc) is 2.34. The summed E-state index contributed by atoms with van der Waals surface area (Å²) in [6.45, 7) is 6.08. The Labute approximate surface area is 112 Å². The second-order valence-corrected chi connectivity index (χ2v) is 5.29. The number of hydrogen-bond donors (Lipinski definition) is 1. The summed E-state index contributed by atoms with van der Waals surface area (Å²) >= 11 is 1.64. The van der Waals surface area contributed by atoms with Crippen molar-refractivity contribution < 1.29 is 0 Å². The zero-order valence-electron chi connectivity index (χ0n) is 10.9. The van der Waals surface area contributed by atoms with E-state index in [2.05, 4.69) is 41.2 Å². The average molecular weight is 259 g/mol. The standard InChI is InChI=1S/C14H17N3S/c1-4-12-16-13(15)10(3)14(17-12)18-11-7-5-6-9(2)8-11/h5-8H,4H2,1-3H3,(H2,15,16,17). The Kier molecular flexibility index (Phi) is 3.87. The van der Waals surface area contributed by atoms with E-state index in [1.165, 1.54) is 10.5 Å². The van der Waals surface area contributed by atoms with Crippen LogP contribution in [0, 0.1) is 13.8 Å². The Balaban J connectivity index is 2.36. The third kappa shape index (κ3) is 2.82. The molecular formula is C14H17N3S. The fourth-order valence-corrected chi connectivity index (χ4v) is 2.63. The van der Waals surface area contributed by atoms with Gasteiger partial charge in [0.15, 0.2) is 0 Å². The summed E-state index contributed by atoms with van der Waals surface area (Å²) in [5.41, 5.74) is 8.12. The maximum Gasteiger partial charge on any atom is 0.131 e. The molecule has 0 unspecified atom stereocenters. The van der Waals surface area contributed by atoms with E-state index in [4.69, 9.17) is 5.73 Å². The first kappa shape index (κ1) is 12.9. The molecule has 4 heteroatoms. The Hall–Kier alpha value is -1.55. The molecule has 0 aliphatic carbocycles. The lowest BCUT2D eigenvalue weighted by Crippen LogP contribution is -2.03. The molecule has 0 amide bonds. The first-order valence-corrected chi connectivity index (χ1v) is 6.79. The molecule has 2 aromatic rings. The smallest absolute Gasteiger partial charge is 0.131 e. The molecule has 1 aromatic carbocycles. The molecule has 0 saturated carbocycles. The van der Waals surface area contributed by atoms with Gasteiger partial charge < -0.3 is 5.73 Å². The van der Waals surface area contributed by atoms with Crippen LogP contribution in [0.25, 0.3) is 0 Å². The van der Waals surface area contributed by atoms with Gasteiger partial charge in [-0.05, 0) is 26.0 Å². The lowest BCUT2D eigenvalue weighted by atomic mass is 10.2. The first-order chi connectivity index (χ1) is 8.60. The van der Waals surface area contributed by atoms with Crippen LogP contribution in [0.4, 0.5) is 5.82 Å². The minimum Gasteiger partial charge on any atom is -0.383 e. The molecule has 1 heterocycles. The molecular weight excluding hydrogens is 242 g/mol. The zero-order chi connectivity index (χ0) is 13.1. The molecule has 94 valence electrons. The highest BCUT2D eigenvalue weighted by Crippen LogP contribution is 2.30. The minimum absolute atomic E-state index is 0.581. The number of nitrogens with zero attached hydrogens (tertiary/aromatic N) is 2. The molecule has 0 radical (unpaired) electrons. The van der Waals surface area contributed by atoms with Crippen LogP contribution in [0.2, 0.25) is 0 Å². The predicted molar refractivity (Wildman–Crippen MR) is 75.9 cm³/mol. The van der Waals surface area contributed by atoms with Crippen LogP contribution in [0.15, 0.2) is 34.2 Å². The van der Waals surface area contributed by atoms with Crippen molar-refractivity contribution in [2.75, 3.05) is 5.73 Å². The van der Waals surface area contributed by atoms with Crippen LogP contribution < -0.4 is 5.73 Å². The summed E-state index contributed by atoms with van der Waals surface area (Å²) in [5, 5.41) is 0.949. The normalized spacial score (nSPS) is 10.6. The third-order valence-electron chi connectivity index (χ3n) is 2.71. The number of rotatable bonds is 3. The van der Waals surface area contributed by atoms with Crippen LogP contribution in [0.3, 0.4) is 0 Å². The van der Waals surface area contributed by atoms with Crippen molar-refractivity contribution in [3.05, 3.63) is 41.2 Å². The number of aromatic nitrogens is 2. The van der Waals surface area contributed by atoms with E-state index in [0.717, 1.165) is 22.8 Å². The van der Waals surface area contributed by atoms with Crippen molar-refractivity contribution in [1.82, 2.24) is 9.97 Å². The second-order valence-electron chi connectivity index (χ2n) is 4.23. The first-order valence-electron chi connectivity index (χ1n) is 5.97. The monoisotopic (exact) mass is 259 g/mol. The molecule has 0 atom stereocenters. The lowest BCUT2D eigenvalue weighted by Gasteiger charge is -2.09. The lowest BCUT2D eigenvalue weighted by molar-refractivity contribution is 0.878. The van der Waals surface area contributed by atoms with Crippen molar-refractivity contribution in [3.63, 3.8) is 0 Å². The molecule has 0 saturated heterocycles. The molecule has 0 aliphatic heterocycles. The maximum atomic E-state index is 5.92. The van der Waals surface area contributed by atoms with E-state index in [1.54, 1.807) is 11.8 Å². The number of aryl methyl sites for hydroxylation is 2. The van der Waals surface area contributed by atoms with Gasteiger partial charge in [0, 0.05) is 16.9 Å².